The molecule has 1 saturated heterocycles. The van der Waals surface area contributed by atoms with Gasteiger partial charge >= 0.3 is 18.2 Å². The van der Waals surface area contributed by atoms with E-state index in [0.717, 1.165) is 4.90 Å². The van der Waals surface area contributed by atoms with Crippen LogP contribution >= 0.6 is 0 Å². The monoisotopic (exact) mass is 312 g/mol. The van der Waals surface area contributed by atoms with Crippen molar-refractivity contribution < 1.29 is 32.3 Å². The van der Waals surface area contributed by atoms with Gasteiger partial charge in [-0.25, -0.2) is 9.18 Å². The van der Waals surface area contributed by atoms with Crippen molar-refractivity contribution in [1.82, 2.24) is 10.2 Å². The van der Waals surface area contributed by atoms with E-state index < -0.39 is 54.8 Å². The van der Waals surface area contributed by atoms with Gasteiger partial charge in [-0.3, -0.25) is 4.79 Å². The zero-order valence-electron chi connectivity index (χ0n) is 11.3. The second-order valence-electron chi connectivity index (χ2n) is 5.97. The molecule has 0 spiro atoms. The molecule has 0 aromatic carbocycles. The molecule has 1 heterocycles. The summed E-state index contributed by atoms with van der Waals surface area (Å²) < 4.78 is 51.6. The van der Waals surface area contributed by atoms with Crippen molar-refractivity contribution >= 4 is 12.0 Å². The first-order valence-corrected chi connectivity index (χ1v) is 6.53. The molecule has 0 radical (unpaired) electrons. The second kappa shape index (κ2) is 5.03. The third-order valence-electron chi connectivity index (χ3n) is 4.02. The molecule has 2 amide bonds. The Morgan fingerprint density at radius 3 is 2.24 bits per heavy atom. The molecule has 2 atom stereocenters. The first kappa shape index (κ1) is 15.8. The molecule has 0 aromatic heterocycles. The number of carbonyl (C=O) groups is 2. The molecule has 2 N–H and O–H groups in total. The highest BCUT2D eigenvalue weighted by atomic mass is 19.4. The second-order valence-corrected chi connectivity index (χ2v) is 5.97. The van der Waals surface area contributed by atoms with E-state index in [4.69, 9.17) is 5.11 Å². The molecule has 2 fully saturated rings. The fraction of sp³-hybridized carbons (Fsp3) is 0.833. The van der Waals surface area contributed by atoms with E-state index in [2.05, 4.69) is 5.32 Å². The number of carboxylic acid groups (broad SMARTS) is 1. The Morgan fingerprint density at radius 2 is 1.86 bits per heavy atom. The Labute approximate surface area is 118 Å². The third kappa shape index (κ3) is 3.38. The van der Waals surface area contributed by atoms with E-state index in [0.29, 0.717) is 0 Å². The number of rotatable bonds is 2. The summed E-state index contributed by atoms with van der Waals surface area (Å²) >= 11 is 0. The van der Waals surface area contributed by atoms with Gasteiger partial charge in [-0.1, -0.05) is 0 Å². The van der Waals surface area contributed by atoms with Crippen molar-refractivity contribution in [2.45, 2.75) is 37.7 Å². The summed E-state index contributed by atoms with van der Waals surface area (Å²) in [5.74, 6) is -5.32. The lowest BCUT2D eigenvalue weighted by Gasteiger charge is -2.39. The van der Waals surface area contributed by atoms with Gasteiger partial charge in [0, 0.05) is 32.0 Å². The van der Waals surface area contributed by atoms with E-state index in [1.165, 1.54) is 6.92 Å². The van der Waals surface area contributed by atoms with E-state index in [1.807, 2.05) is 0 Å². The number of hydrogen-bond acceptors (Lipinski definition) is 2. The van der Waals surface area contributed by atoms with Gasteiger partial charge in [-0.2, -0.15) is 13.2 Å². The fourth-order valence-corrected chi connectivity index (χ4v) is 2.89. The van der Waals surface area contributed by atoms with E-state index in [1.54, 1.807) is 0 Å². The summed E-state index contributed by atoms with van der Waals surface area (Å²) in [5.41, 5.74) is -1.36. The minimum atomic E-state index is -4.67. The molecule has 0 aromatic rings. The van der Waals surface area contributed by atoms with Crippen molar-refractivity contribution in [3.8, 4) is 0 Å². The highest BCUT2D eigenvalue weighted by molar-refractivity contribution is 5.78. The van der Waals surface area contributed by atoms with Gasteiger partial charge in [0.15, 0.2) is 0 Å². The normalized spacial score (nSPS) is 36.2. The fourth-order valence-electron chi connectivity index (χ4n) is 2.89. The van der Waals surface area contributed by atoms with Gasteiger partial charge in [-0.05, 0) is 6.92 Å². The van der Waals surface area contributed by atoms with Crippen LogP contribution in [0.1, 0.15) is 19.8 Å². The van der Waals surface area contributed by atoms with Gasteiger partial charge in [0.25, 0.3) is 0 Å². The standard InChI is InChI=1S/C12H16F4N2O3/c1-11(13)2-6(3-11)17-10(21)18-4-7(9(19)20)8(5-18)12(14,15)16/h6-8H,2-5H2,1H3,(H,17,21)(H,19,20)/t6?,7-,8-,11?/m1/s1. The zero-order chi connectivity index (χ0) is 16.0. The van der Waals surface area contributed by atoms with Gasteiger partial charge in [-0.15, -0.1) is 0 Å². The largest absolute Gasteiger partial charge is 0.481 e. The first-order chi connectivity index (χ1) is 9.49. The maximum atomic E-state index is 13.3. The number of urea groups is 1. The van der Waals surface area contributed by atoms with Gasteiger partial charge in [0.1, 0.15) is 5.67 Å². The van der Waals surface area contributed by atoms with Crippen LogP contribution in [0.25, 0.3) is 0 Å². The Balaban J connectivity index is 1.96. The molecule has 120 valence electrons. The van der Waals surface area contributed by atoms with Crippen LogP contribution in [0, 0.1) is 11.8 Å². The molecule has 5 nitrogen and oxygen atoms in total. The number of nitrogens with one attached hydrogen (secondary N) is 1. The van der Waals surface area contributed by atoms with Gasteiger partial charge in [0.05, 0.1) is 11.8 Å². The first-order valence-electron chi connectivity index (χ1n) is 6.53. The molecular formula is C12H16F4N2O3. The van der Waals surface area contributed by atoms with E-state index in [-0.39, 0.29) is 12.8 Å². The number of carbonyl (C=O) groups excluding carboxylic acids is 1. The Kier molecular flexibility index (Phi) is 3.79. The molecule has 1 aliphatic heterocycles. The van der Waals surface area contributed by atoms with E-state index in [9.17, 15) is 27.2 Å². The molecule has 2 aliphatic rings. The molecule has 21 heavy (non-hydrogen) atoms. The van der Waals surface area contributed by atoms with Crippen molar-refractivity contribution in [1.29, 1.82) is 0 Å². The molecule has 1 aliphatic carbocycles. The number of aliphatic carboxylic acids is 1. The summed E-state index contributed by atoms with van der Waals surface area (Å²) in [6.07, 6.45) is -4.46. The molecule has 0 unspecified atom stereocenters. The van der Waals surface area contributed by atoms with Gasteiger partial charge in [0.2, 0.25) is 0 Å². The van der Waals surface area contributed by atoms with E-state index >= 15 is 0 Å². The van der Waals surface area contributed by atoms with Crippen LogP contribution in [-0.4, -0.2) is 53.0 Å². The number of alkyl halides is 4. The maximum absolute atomic E-state index is 13.3. The number of amides is 2. The molecule has 0 bridgehead atoms. The highest BCUT2D eigenvalue weighted by Crippen LogP contribution is 2.38. The number of hydrogen-bond donors (Lipinski definition) is 2. The van der Waals surface area contributed by atoms with Crippen molar-refractivity contribution in [3.05, 3.63) is 0 Å². The topological polar surface area (TPSA) is 69.6 Å². The number of carboxylic acids is 1. The predicted molar refractivity (Wildman–Crippen MR) is 63.3 cm³/mol. The molecule has 2 rings (SSSR count). The minimum Gasteiger partial charge on any atom is -0.481 e. The van der Waals surface area contributed by atoms with Gasteiger partial charge < -0.3 is 15.3 Å². The van der Waals surface area contributed by atoms with Crippen LogP contribution in [0.2, 0.25) is 0 Å². The lowest BCUT2D eigenvalue weighted by atomic mass is 9.79. The van der Waals surface area contributed by atoms with Crippen LogP contribution in [0.5, 0.6) is 0 Å². The molecule has 9 heteroatoms. The van der Waals surface area contributed by atoms with Crippen LogP contribution in [0.4, 0.5) is 22.4 Å². The van der Waals surface area contributed by atoms with Crippen LogP contribution in [0.3, 0.4) is 0 Å². The lowest BCUT2D eigenvalue weighted by molar-refractivity contribution is -0.187. The quantitative estimate of drug-likeness (QED) is 0.764. The summed E-state index contributed by atoms with van der Waals surface area (Å²) in [6.45, 7) is 0.197. The van der Waals surface area contributed by atoms with Crippen LogP contribution in [-0.2, 0) is 4.79 Å². The van der Waals surface area contributed by atoms with Crippen LogP contribution in [0.15, 0.2) is 0 Å². The van der Waals surface area contributed by atoms with Crippen LogP contribution < -0.4 is 5.32 Å². The summed E-state index contributed by atoms with van der Waals surface area (Å²) in [6, 6.07) is -1.19. The third-order valence-corrected chi connectivity index (χ3v) is 4.02. The van der Waals surface area contributed by atoms with Crippen molar-refractivity contribution in [3.63, 3.8) is 0 Å². The average Bonchev–Trinajstić information content (AvgIpc) is 2.70. The molecular weight excluding hydrogens is 296 g/mol. The summed E-state index contributed by atoms with van der Waals surface area (Å²) in [4.78, 5) is 23.6. The average molecular weight is 312 g/mol. The Morgan fingerprint density at radius 1 is 1.29 bits per heavy atom. The zero-order valence-corrected chi connectivity index (χ0v) is 11.3. The summed E-state index contributed by atoms with van der Waals surface area (Å²) in [7, 11) is 0. The smallest absolute Gasteiger partial charge is 0.394 e. The SMILES string of the molecule is CC1(F)CC(NC(=O)N2C[C@@H](C(F)(F)F)[C@H](C(=O)O)C2)C1. The number of likely N-dealkylation sites (tertiary alicyclic amines) is 1. The maximum Gasteiger partial charge on any atom is 0.394 e. The van der Waals surface area contributed by atoms with Crippen molar-refractivity contribution in [2.24, 2.45) is 11.8 Å². The lowest BCUT2D eigenvalue weighted by Crippen LogP contribution is -2.54. The molecule has 1 saturated carbocycles. The summed E-state index contributed by atoms with van der Waals surface area (Å²) in [5, 5.41) is 11.3. The minimum absolute atomic E-state index is 0.109. The number of halogens is 4. The Bertz CT molecular complexity index is 444. The van der Waals surface area contributed by atoms with Crippen molar-refractivity contribution in [2.75, 3.05) is 13.1 Å². The highest BCUT2D eigenvalue weighted by Gasteiger charge is 2.54. The number of nitrogens with zero attached hydrogens (tertiary/aromatic N) is 1. The predicted octanol–water partition coefficient (Wildman–Crippen LogP) is 1.78. The Hall–Kier alpha value is -1.54.